The third-order valence-electron chi connectivity index (χ3n) is 5.29. The van der Waals surface area contributed by atoms with Gasteiger partial charge >= 0.3 is 0 Å². The molecule has 0 bridgehead atoms. The summed E-state index contributed by atoms with van der Waals surface area (Å²) in [6.07, 6.45) is 1.94. The Kier molecular flexibility index (Phi) is 5.46. The molecule has 8 nitrogen and oxygen atoms in total. The van der Waals surface area contributed by atoms with Gasteiger partial charge in [-0.2, -0.15) is 0 Å². The molecule has 1 aliphatic heterocycles. The lowest BCUT2D eigenvalue weighted by atomic mass is 10.1. The van der Waals surface area contributed by atoms with Gasteiger partial charge in [0, 0.05) is 31.4 Å². The number of hydrogen-bond acceptors (Lipinski definition) is 6. The fourth-order valence-electron chi connectivity index (χ4n) is 3.83. The van der Waals surface area contributed by atoms with Crippen LogP contribution in [0.2, 0.25) is 0 Å². The van der Waals surface area contributed by atoms with Crippen molar-refractivity contribution in [2.75, 3.05) is 19.3 Å². The van der Waals surface area contributed by atoms with Gasteiger partial charge < -0.3 is 8.98 Å². The molecule has 0 saturated heterocycles. The molecule has 3 heterocycles. The molecule has 4 rings (SSSR count). The Morgan fingerprint density at radius 1 is 1.17 bits per heavy atom. The van der Waals surface area contributed by atoms with Crippen molar-refractivity contribution in [3.05, 3.63) is 47.7 Å². The summed E-state index contributed by atoms with van der Waals surface area (Å²) in [5.41, 5.74) is 0.906. The maximum absolute atomic E-state index is 11.8. The smallest absolute Gasteiger partial charge is 0.209 e. The van der Waals surface area contributed by atoms with Crippen LogP contribution in [0.4, 0.5) is 0 Å². The van der Waals surface area contributed by atoms with Crippen molar-refractivity contribution in [1.82, 2.24) is 24.4 Å². The summed E-state index contributed by atoms with van der Waals surface area (Å²) in [5, 5.41) is 9.80. The number of nitrogens with zero attached hydrogens (tertiary/aromatic N) is 4. The summed E-state index contributed by atoms with van der Waals surface area (Å²) in [6.45, 7) is 7.08. The molecule has 156 valence electrons. The molecule has 0 aliphatic carbocycles. The molecule has 1 aromatic carbocycles. The molecule has 3 aromatic rings. The highest BCUT2D eigenvalue weighted by Crippen LogP contribution is 2.24. The lowest BCUT2D eigenvalue weighted by Gasteiger charge is -2.22. The predicted octanol–water partition coefficient (Wildman–Crippen LogP) is 2.33. The predicted molar refractivity (Wildman–Crippen MR) is 111 cm³/mol. The van der Waals surface area contributed by atoms with E-state index >= 15 is 0 Å². The van der Waals surface area contributed by atoms with Gasteiger partial charge in [-0.3, -0.25) is 4.90 Å². The lowest BCUT2D eigenvalue weighted by molar-refractivity contribution is 0.249. The van der Waals surface area contributed by atoms with Crippen molar-refractivity contribution in [2.24, 2.45) is 5.92 Å². The molecule has 1 atom stereocenters. The number of nitrogens with one attached hydrogen (secondary N) is 1. The third-order valence-corrected chi connectivity index (χ3v) is 5.97. The Bertz CT molecular complexity index is 1070. The van der Waals surface area contributed by atoms with Crippen LogP contribution >= 0.6 is 0 Å². The molecule has 0 unspecified atom stereocenters. The lowest BCUT2D eigenvalue weighted by Crippen LogP contribution is -2.33. The minimum Gasteiger partial charge on any atom is -0.460 e. The minimum atomic E-state index is -3.35. The molecule has 9 heteroatoms. The SMILES string of the molecule is CC(C)[C@@H](NS(C)(=O)=O)c1nnc2n1CCN(Cc1cc3ccccc3o1)CC2. The van der Waals surface area contributed by atoms with Crippen LogP contribution in [-0.2, 0) is 29.5 Å². The fraction of sp³-hybridized carbons (Fsp3) is 0.500. The average molecular weight is 418 g/mol. The first kappa shape index (κ1) is 20.1. The highest BCUT2D eigenvalue weighted by Gasteiger charge is 2.28. The second-order valence-corrected chi connectivity index (χ2v) is 9.79. The Morgan fingerprint density at radius 2 is 1.97 bits per heavy atom. The number of rotatable bonds is 6. The normalized spacial score (nSPS) is 16.8. The zero-order valence-corrected chi connectivity index (χ0v) is 17.8. The van der Waals surface area contributed by atoms with Crippen molar-refractivity contribution in [3.63, 3.8) is 0 Å². The zero-order chi connectivity index (χ0) is 20.6. The van der Waals surface area contributed by atoms with E-state index in [2.05, 4.69) is 36.5 Å². The van der Waals surface area contributed by atoms with Crippen molar-refractivity contribution in [2.45, 2.75) is 39.4 Å². The van der Waals surface area contributed by atoms with E-state index in [1.165, 1.54) is 6.26 Å². The van der Waals surface area contributed by atoms with Gasteiger partial charge in [-0.25, -0.2) is 13.1 Å². The fourth-order valence-corrected chi connectivity index (χ4v) is 4.67. The van der Waals surface area contributed by atoms with Gasteiger partial charge in [0.1, 0.15) is 17.2 Å². The maximum Gasteiger partial charge on any atom is 0.209 e. The number of furan rings is 1. The quantitative estimate of drug-likeness (QED) is 0.662. The highest BCUT2D eigenvalue weighted by atomic mass is 32.2. The van der Waals surface area contributed by atoms with E-state index in [0.717, 1.165) is 48.6 Å². The number of benzene rings is 1. The number of fused-ring (bicyclic) bond motifs is 2. The second kappa shape index (κ2) is 7.89. The molecule has 1 aliphatic rings. The number of sulfonamides is 1. The number of hydrogen-bond donors (Lipinski definition) is 1. The Labute approximate surface area is 171 Å². The highest BCUT2D eigenvalue weighted by molar-refractivity contribution is 7.88. The summed E-state index contributed by atoms with van der Waals surface area (Å²) in [6, 6.07) is 9.72. The largest absolute Gasteiger partial charge is 0.460 e. The van der Waals surface area contributed by atoms with Crippen molar-refractivity contribution in [1.29, 1.82) is 0 Å². The van der Waals surface area contributed by atoms with Gasteiger partial charge in [0.15, 0.2) is 5.82 Å². The monoisotopic (exact) mass is 417 g/mol. The Morgan fingerprint density at radius 3 is 2.69 bits per heavy atom. The van der Waals surface area contributed by atoms with Gasteiger partial charge in [-0.1, -0.05) is 32.0 Å². The van der Waals surface area contributed by atoms with Gasteiger partial charge in [0.25, 0.3) is 0 Å². The van der Waals surface area contributed by atoms with Crippen LogP contribution in [0.1, 0.15) is 37.3 Å². The Hall–Kier alpha value is -2.23. The first-order valence-electron chi connectivity index (χ1n) is 9.89. The summed E-state index contributed by atoms with van der Waals surface area (Å²) in [7, 11) is -3.35. The van der Waals surface area contributed by atoms with Crippen LogP contribution in [0.25, 0.3) is 11.0 Å². The van der Waals surface area contributed by atoms with E-state index in [1.54, 1.807) is 0 Å². The van der Waals surface area contributed by atoms with Crippen LogP contribution in [-0.4, -0.2) is 47.4 Å². The molecular weight excluding hydrogens is 390 g/mol. The summed E-state index contributed by atoms with van der Waals surface area (Å²) in [5.74, 6) is 2.59. The molecule has 1 N–H and O–H groups in total. The van der Waals surface area contributed by atoms with Gasteiger partial charge in [-0.15, -0.1) is 10.2 Å². The van der Waals surface area contributed by atoms with Crippen LogP contribution in [0.5, 0.6) is 0 Å². The third kappa shape index (κ3) is 4.52. The molecule has 0 fully saturated rings. The first-order valence-corrected chi connectivity index (χ1v) is 11.8. The average Bonchev–Trinajstić information content (AvgIpc) is 3.18. The minimum absolute atomic E-state index is 0.0629. The van der Waals surface area contributed by atoms with Crippen LogP contribution in [0, 0.1) is 5.92 Å². The van der Waals surface area contributed by atoms with E-state index in [-0.39, 0.29) is 5.92 Å². The van der Waals surface area contributed by atoms with Crippen molar-refractivity contribution >= 4 is 21.0 Å². The molecule has 0 saturated carbocycles. The number of para-hydroxylation sites is 1. The van der Waals surface area contributed by atoms with Gasteiger partial charge in [0.2, 0.25) is 10.0 Å². The maximum atomic E-state index is 11.8. The van der Waals surface area contributed by atoms with Crippen molar-refractivity contribution < 1.29 is 12.8 Å². The standard InChI is InChI=1S/C20H27N5O3S/c1-14(2)19(23-29(3,26)27)20-22-21-18-8-9-24(10-11-25(18)20)13-16-12-15-6-4-5-7-17(15)28-16/h4-7,12,14,19,23H,8-11,13H2,1-3H3/t19-/m1/s1. The van der Waals surface area contributed by atoms with Gasteiger partial charge in [-0.05, 0) is 18.1 Å². The topological polar surface area (TPSA) is 93.3 Å². The molecular formula is C20H27N5O3S. The van der Waals surface area contributed by atoms with E-state index < -0.39 is 16.1 Å². The summed E-state index contributed by atoms with van der Waals surface area (Å²) >= 11 is 0. The summed E-state index contributed by atoms with van der Waals surface area (Å²) in [4.78, 5) is 2.34. The zero-order valence-electron chi connectivity index (χ0n) is 17.0. The van der Waals surface area contributed by atoms with E-state index in [9.17, 15) is 8.42 Å². The summed E-state index contributed by atoms with van der Waals surface area (Å²) < 4.78 is 34.4. The number of aromatic nitrogens is 3. The van der Waals surface area contributed by atoms with E-state index in [1.807, 2.05) is 32.0 Å². The van der Waals surface area contributed by atoms with Crippen LogP contribution in [0.3, 0.4) is 0 Å². The van der Waals surface area contributed by atoms with Gasteiger partial charge in [0.05, 0.1) is 18.8 Å². The molecule has 0 spiro atoms. The van der Waals surface area contributed by atoms with Crippen molar-refractivity contribution in [3.8, 4) is 0 Å². The molecule has 0 radical (unpaired) electrons. The van der Waals surface area contributed by atoms with Crippen LogP contribution in [0.15, 0.2) is 34.7 Å². The molecule has 0 amide bonds. The second-order valence-electron chi connectivity index (χ2n) is 8.01. The first-order chi connectivity index (χ1) is 13.8. The van der Waals surface area contributed by atoms with E-state index in [4.69, 9.17) is 4.42 Å². The molecule has 29 heavy (non-hydrogen) atoms. The Balaban J connectivity index is 1.50. The molecule has 2 aromatic heterocycles. The van der Waals surface area contributed by atoms with E-state index in [0.29, 0.717) is 12.4 Å². The van der Waals surface area contributed by atoms with Crippen LogP contribution < -0.4 is 4.72 Å².